The fourth-order valence-electron chi connectivity index (χ4n) is 1.62. The summed E-state index contributed by atoms with van der Waals surface area (Å²) in [5.41, 5.74) is 2.44. The highest BCUT2D eigenvalue weighted by Gasteiger charge is 2.17. The summed E-state index contributed by atoms with van der Waals surface area (Å²) in [6.45, 7) is 11.2. The van der Waals surface area contributed by atoms with Gasteiger partial charge in [-0.05, 0) is 33.7 Å². The van der Waals surface area contributed by atoms with Crippen LogP contribution in [0.4, 0.5) is 0 Å². The van der Waals surface area contributed by atoms with Gasteiger partial charge in [-0.3, -0.25) is 4.68 Å². The van der Waals surface area contributed by atoms with Crippen molar-refractivity contribution < 1.29 is 4.74 Å². The molecule has 1 aromatic rings. The fraction of sp³-hybridized carbons (Fsp3) is 0.769. The Bertz CT molecular complexity index is 344. The molecule has 0 saturated heterocycles. The van der Waals surface area contributed by atoms with Crippen LogP contribution < -0.4 is 5.32 Å². The number of ether oxygens (including phenoxy) is 1. The lowest BCUT2D eigenvalue weighted by Gasteiger charge is -2.22. The van der Waals surface area contributed by atoms with Crippen LogP contribution in [-0.2, 0) is 17.8 Å². The second-order valence-corrected chi connectivity index (χ2v) is 4.97. The minimum atomic E-state index is -0.0831. The summed E-state index contributed by atoms with van der Waals surface area (Å²) in [7, 11) is 1.76. The first kappa shape index (κ1) is 14.2. The second-order valence-electron chi connectivity index (χ2n) is 4.97. The zero-order valence-corrected chi connectivity index (χ0v) is 11.7. The molecule has 0 atom stereocenters. The van der Waals surface area contributed by atoms with Crippen molar-refractivity contribution in [2.75, 3.05) is 13.7 Å². The van der Waals surface area contributed by atoms with Crippen LogP contribution >= 0.6 is 0 Å². The van der Waals surface area contributed by atoms with E-state index in [2.05, 4.69) is 42.8 Å². The van der Waals surface area contributed by atoms with Crippen molar-refractivity contribution in [3.05, 3.63) is 17.5 Å². The fourth-order valence-corrected chi connectivity index (χ4v) is 1.62. The maximum absolute atomic E-state index is 5.42. The third kappa shape index (κ3) is 4.13. The molecule has 0 aliphatic carbocycles. The number of nitrogens with zero attached hydrogens (tertiary/aromatic N) is 2. The lowest BCUT2D eigenvalue weighted by atomic mass is 10.1. The SMILES string of the molecule is CCNCc1cnn(CCC(C)(C)OC)c1C. The van der Waals surface area contributed by atoms with Crippen LogP contribution in [0.5, 0.6) is 0 Å². The Hall–Kier alpha value is -0.870. The molecule has 0 unspecified atom stereocenters. The van der Waals surface area contributed by atoms with E-state index >= 15 is 0 Å². The van der Waals surface area contributed by atoms with E-state index in [0.717, 1.165) is 26.1 Å². The lowest BCUT2D eigenvalue weighted by Crippen LogP contribution is -2.25. The van der Waals surface area contributed by atoms with Crippen LogP contribution in [0.3, 0.4) is 0 Å². The molecule has 1 N–H and O–H groups in total. The van der Waals surface area contributed by atoms with Crippen molar-refractivity contribution in [1.82, 2.24) is 15.1 Å². The molecule has 0 amide bonds. The van der Waals surface area contributed by atoms with Gasteiger partial charge >= 0.3 is 0 Å². The Morgan fingerprint density at radius 2 is 2.18 bits per heavy atom. The third-order valence-electron chi connectivity index (χ3n) is 3.25. The van der Waals surface area contributed by atoms with Crippen LogP contribution in [0.2, 0.25) is 0 Å². The molecule has 4 heteroatoms. The molecule has 4 nitrogen and oxygen atoms in total. The van der Waals surface area contributed by atoms with E-state index in [1.165, 1.54) is 11.3 Å². The summed E-state index contributed by atoms with van der Waals surface area (Å²) >= 11 is 0. The van der Waals surface area contributed by atoms with Gasteiger partial charge in [0, 0.05) is 31.5 Å². The summed E-state index contributed by atoms with van der Waals surface area (Å²) in [4.78, 5) is 0. The van der Waals surface area contributed by atoms with Crippen LogP contribution in [0.25, 0.3) is 0 Å². The molecule has 0 bridgehead atoms. The summed E-state index contributed by atoms with van der Waals surface area (Å²) in [6.07, 6.45) is 2.92. The van der Waals surface area contributed by atoms with Gasteiger partial charge in [-0.1, -0.05) is 6.92 Å². The molecule has 1 rings (SSSR count). The lowest BCUT2D eigenvalue weighted by molar-refractivity contribution is 0.0112. The maximum atomic E-state index is 5.42. The molecule has 0 saturated carbocycles. The molecule has 1 heterocycles. The van der Waals surface area contributed by atoms with Crippen molar-refractivity contribution in [2.24, 2.45) is 0 Å². The second kappa shape index (κ2) is 6.17. The van der Waals surface area contributed by atoms with Crippen molar-refractivity contribution in [3.8, 4) is 0 Å². The van der Waals surface area contributed by atoms with Crippen molar-refractivity contribution in [1.29, 1.82) is 0 Å². The Morgan fingerprint density at radius 1 is 1.47 bits per heavy atom. The molecular weight excluding hydrogens is 214 g/mol. The highest BCUT2D eigenvalue weighted by Crippen LogP contribution is 2.15. The Kier molecular flexibility index (Phi) is 5.15. The molecule has 0 aliphatic rings. The summed E-state index contributed by atoms with van der Waals surface area (Å²) in [6, 6.07) is 0. The predicted molar refractivity (Wildman–Crippen MR) is 70.0 cm³/mol. The van der Waals surface area contributed by atoms with Crippen LogP contribution in [0.15, 0.2) is 6.20 Å². The molecule has 0 aliphatic heterocycles. The zero-order chi connectivity index (χ0) is 12.9. The average molecular weight is 239 g/mol. The van der Waals surface area contributed by atoms with Gasteiger partial charge < -0.3 is 10.1 Å². The summed E-state index contributed by atoms with van der Waals surface area (Å²) in [5.74, 6) is 0. The molecule has 98 valence electrons. The number of aryl methyl sites for hydroxylation is 1. The van der Waals surface area contributed by atoms with Gasteiger partial charge in [0.15, 0.2) is 0 Å². The van der Waals surface area contributed by atoms with Gasteiger partial charge in [0.25, 0.3) is 0 Å². The average Bonchev–Trinajstić information content (AvgIpc) is 2.65. The summed E-state index contributed by atoms with van der Waals surface area (Å²) in [5, 5.41) is 7.75. The largest absolute Gasteiger partial charge is 0.379 e. The number of nitrogens with one attached hydrogen (secondary N) is 1. The number of rotatable bonds is 7. The number of hydrogen-bond acceptors (Lipinski definition) is 3. The molecular formula is C13H25N3O. The quantitative estimate of drug-likeness (QED) is 0.792. The Morgan fingerprint density at radius 3 is 2.76 bits per heavy atom. The minimum Gasteiger partial charge on any atom is -0.379 e. The van der Waals surface area contributed by atoms with E-state index in [-0.39, 0.29) is 5.60 Å². The smallest absolute Gasteiger partial charge is 0.0640 e. The number of methoxy groups -OCH3 is 1. The van der Waals surface area contributed by atoms with Gasteiger partial charge in [0.05, 0.1) is 11.8 Å². The molecule has 0 radical (unpaired) electrons. The monoisotopic (exact) mass is 239 g/mol. The predicted octanol–water partition coefficient (Wildman–Crippen LogP) is 2.12. The van der Waals surface area contributed by atoms with Crippen LogP contribution in [0.1, 0.15) is 38.4 Å². The minimum absolute atomic E-state index is 0.0831. The first-order valence-electron chi connectivity index (χ1n) is 6.27. The maximum Gasteiger partial charge on any atom is 0.0640 e. The van der Waals surface area contributed by atoms with E-state index in [4.69, 9.17) is 4.74 Å². The highest BCUT2D eigenvalue weighted by atomic mass is 16.5. The Labute approximate surface area is 104 Å². The topological polar surface area (TPSA) is 39.1 Å². The van der Waals surface area contributed by atoms with Crippen molar-refractivity contribution in [3.63, 3.8) is 0 Å². The molecule has 17 heavy (non-hydrogen) atoms. The van der Waals surface area contributed by atoms with Gasteiger partial charge in [-0.2, -0.15) is 5.10 Å². The van der Waals surface area contributed by atoms with E-state index < -0.39 is 0 Å². The van der Waals surface area contributed by atoms with Crippen LogP contribution in [-0.4, -0.2) is 29.0 Å². The van der Waals surface area contributed by atoms with Gasteiger partial charge in [-0.15, -0.1) is 0 Å². The van der Waals surface area contributed by atoms with E-state index in [1.807, 2.05) is 6.20 Å². The molecule has 0 spiro atoms. The van der Waals surface area contributed by atoms with Crippen LogP contribution in [0, 0.1) is 6.92 Å². The van der Waals surface area contributed by atoms with Gasteiger partial charge in [0.2, 0.25) is 0 Å². The normalized spacial score (nSPS) is 12.1. The number of hydrogen-bond donors (Lipinski definition) is 1. The van der Waals surface area contributed by atoms with E-state index in [0.29, 0.717) is 0 Å². The Balaban J connectivity index is 2.58. The molecule has 1 aromatic heterocycles. The van der Waals surface area contributed by atoms with Gasteiger partial charge in [-0.25, -0.2) is 0 Å². The first-order valence-corrected chi connectivity index (χ1v) is 6.27. The zero-order valence-electron chi connectivity index (χ0n) is 11.7. The molecule has 0 fully saturated rings. The summed E-state index contributed by atoms with van der Waals surface area (Å²) < 4.78 is 7.48. The number of aromatic nitrogens is 2. The molecule has 0 aromatic carbocycles. The third-order valence-corrected chi connectivity index (χ3v) is 3.25. The van der Waals surface area contributed by atoms with E-state index in [1.54, 1.807) is 7.11 Å². The van der Waals surface area contributed by atoms with Crippen molar-refractivity contribution in [2.45, 2.75) is 52.8 Å². The first-order chi connectivity index (χ1) is 8.00. The van der Waals surface area contributed by atoms with Gasteiger partial charge in [0.1, 0.15) is 0 Å². The van der Waals surface area contributed by atoms with Crippen molar-refractivity contribution >= 4 is 0 Å². The highest BCUT2D eigenvalue weighted by molar-refractivity contribution is 5.15. The van der Waals surface area contributed by atoms with E-state index in [9.17, 15) is 0 Å². The standard InChI is InChI=1S/C13H25N3O/c1-6-14-9-12-10-15-16(11(12)2)8-7-13(3,4)17-5/h10,14H,6-9H2,1-5H3.